The van der Waals surface area contributed by atoms with Crippen LogP contribution in [-0.2, 0) is 22.4 Å². The summed E-state index contributed by atoms with van der Waals surface area (Å²) in [6, 6.07) is 0. The molecule has 38 heavy (non-hydrogen) atoms. The summed E-state index contributed by atoms with van der Waals surface area (Å²) in [4.78, 5) is 0. The van der Waals surface area contributed by atoms with Gasteiger partial charge in [-0.25, -0.2) is 0 Å². The summed E-state index contributed by atoms with van der Waals surface area (Å²) >= 11 is 0. The second-order valence-corrected chi connectivity index (χ2v) is 36.8. The molecule has 1 aliphatic heterocycles. The lowest BCUT2D eigenvalue weighted by molar-refractivity contribution is -0.120. The highest BCUT2D eigenvalue weighted by Crippen LogP contribution is 2.46. The fourth-order valence-electron chi connectivity index (χ4n) is 3.20. The van der Waals surface area contributed by atoms with Gasteiger partial charge in [0.05, 0.1) is 6.61 Å². The fourth-order valence-corrected chi connectivity index (χ4v) is 7.93. The molecule has 0 saturated carbocycles. The number of hydrogen-bond acceptors (Lipinski definition) is 5. The molecule has 9 heteroatoms. The molecular weight excluding hydrogens is 541 g/mol. The molecule has 4 atom stereocenters. The molecule has 0 aliphatic carbocycles. The third-order valence-corrected chi connectivity index (χ3v) is 28.3. The summed E-state index contributed by atoms with van der Waals surface area (Å²) in [6.07, 6.45) is -1.22. The van der Waals surface area contributed by atoms with E-state index in [4.69, 9.17) is 22.4 Å². The molecule has 1 heterocycles. The van der Waals surface area contributed by atoms with Crippen LogP contribution in [0.15, 0.2) is 0 Å². The van der Waals surface area contributed by atoms with Crippen LogP contribution in [0.5, 0.6) is 0 Å². The minimum Gasteiger partial charge on any atom is -0.414 e. The smallest absolute Gasteiger partial charge is 0.195 e. The lowest BCUT2D eigenvalue weighted by Crippen LogP contribution is -2.56. The van der Waals surface area contributed by atoms with Crippen LogP contribution in [0.3, 0.4) is 0 Å². The fraction of sp³-hybridized carbons (Fsp3) is 1.00. The second kappa shape index (κ2) is 11.4. The Bertz CT molecular complexity index is 783. The van der Waals surface area contributed by atoms with Crippen LogP contribution in [-0.4, -0.2) is 64.5 Å². The number of ether oxygens (including phenoxy) is 1. The monoisotopic (exact) mass is 606 g/mol. The van der Waals surface area contributed by atoms with Crippen LogP contribution in [0.1, 0.15) is 83.1 Å². The Kier molecular flexibility index (Phi) is 11.0. The van der Waals surface area contributed by atoms with Crippen molar-refractivity contribution in [2.45, 2.75) is 180 Å². The van der Waals surface area contributed by atoms with E-state index >= 15 is 0 Å². The van der Waals surface area contributed by atoms with Gasteiger partial charge < -0.3 is 22.4 Å². The van der Waals surface area contributed by atoms with Crippen molar-refractivity contribution in [1.29, 1.82) is 0 Å². The minimum absolute atomic E-state index is 0.0589. The highest BCUT2D eigenvalue weighted by Gasteiger charge is 2.56. The maximum absolute atomic E-state index is 7.21. The quantitative estimate of drug-likeness (QED) is 0.245. The first-order chi connectivity index (χ1) is 16.4. The van der Waals surface area contributed by atoms with E-state index in [0.29, 0.717) is 6.61 Å². The molecule has 0 N–H and O–H groups in total. The largest absolute Gasteiger partial charge is 0.414 e. The van der Waals surface area contributed by atoms with E-state index in [1.165, 1.54) is 0 Å². The summed E-state index contributed by atoms with van der Waals surface area (Å²) in [5.41, 5.74) is 0. The van der Waals surface area contributed by atoms with Crippen LogP contribution in [0.4, 0.5) is 0 Å². The molecule has 1 rings (SSSR count). The highest BCUT2D eigenvalue weighted by atomic mass is 28.4. The summed E-state index contributed by atoms with van der Waals surface area (Å²) < 4.78 is 35.0. The van der Waals surface area contributed by atoms with Crippen molar-refractivity contribution in [3.05, 3.63) is 0 Å². The molecule has 0 spiro atoms. The number of hydrogen-bond donors (Lipinski definition) is 0. The van der Waals surface area contributed by atoms with E-state index in [2.05, 4.69) is 135 Å². The van der Waals surface area contributed by atoms with Crippen molar-refractivity contribution < 1.29 is 22.4 Å². The van der Waals surface area contributed by atoms with E-state index in [9.17, 15) is 0 Å². The van der Waals surface area contributed by atoms with Gasteiger partial charge in [0.1, 0.15) is 18.3 Å². The Morgan fingerprint density at radius 2 is 0.789 bits per heavy atom. The van der Waals surface area contributed by atoms with Crippen LogP contribution in [0, 0.1) is 0 Å². The van der Waals surface area contributed by atoms with Crippen LogP contribution in [0.2, 0.25) is 72.5 Å². The molecule has 1 aliphatic rings. The molecule has 1 fully saturated rings. The van der Waals surface area contributed by atoms with Crippen LogP contribution in [0.25, 0.3) is 0 Å². The van der Waals surface area contributed by atoms with Crippen molar-refractivity contribution in [1.82, 2.24) is 0 Å². The maximum Gasteiger partial charge on any atom is 0.195 e. The first-order valence-electron chi connectivity index (χ1n) is 14.7. The molecule has 3 unspecified atom stereocenters. The zero-order valence-electron chi connectivity index (χ0n) is 29.1. The van der Waals surface area contributed by atoms with Gasteiger partial charge in [-0.3, -0.25) is 0 Å². The molecule has 0 aromatic heterocycles. The van der Waals surface area contributed by atoms with Gasteiger partial charge in [0, 0.05) is 0 Å². The highest BCUT2D eigenvalue weighted by molar-refractivity contribution is 6.75. The van der Waals surface area contributed by atoms with E-state index in [1.54, 1.807) is 0 Å². The Morgan fingerprint density at radius 1 is 0.474 bits per heavy atom. The van der Waals surface area contributed by atoms with Gasteiger partial charge in [-0.2, -0.15) is 0 Å². The van der Waals surface area contributed by atoms with Gasteiger partial charge in [0.15, 0.2) is 39.6 Å². The molecule has 0 bridgehead atoms. The molecular formula is C29H66O5Si4. The van der Waals surface area contributed by atoms with E-state index in [0.717, 1.165) is 0 Å². The van der Waals surface area contributed by atoms with Crippen molar-refractivity contribution in [3.63, 3.8) is 0 Å². The van der Waals surface area contributed by atoms with Crippen molar-refractivity contribution in [2.24, 2.45) is 0 Å². The van der Waals surface area contributed by atoms with Crippen molar-refractivity contribution in [3.8, 4) is 0 Å². The molecule has 1 saturated heterocycles. The zero-order valence-corrected chi connectivity index (χ0v) is 33.1. The van der Waals surface area contributed by atoms with Crippen LogP contribution >= 0.6 is 0 Å². The summed E-state index contributed by atoms with van der Waals surface area (Å²) in [6.45, 7) is 46.4. The molecule has 5 nitrogen and oxygen atoms in total. The minimum atomic E-state index is -2.16. The van der Waals surface area contributed by atoms with Gasteiger partial charge in [-0.05, 0) is 72.5 Å². The molecule has 0 aromatic rings. The Hall–Kier alpha value is 0.668. The Morgan fingerprint density at radius 3 is 1.13 bits per heavy atom. The Labute approximate surface area is 242 Å². The molecule has 0 amide bonds. The molecule has 0 radical (unpaired) electrons. The summed E-state index contributed by atoms with van der Waals surface area (Å²) in [5, 5.41) is 0.308. The van der Waals surface area contributed by atoms with Crippen molar-refractivity contribution >= 4 is 33.3 Å². The number of rotatable bonds is 9. The van der Waals surface area contributed by atoms with Gasteiger partial charge in [-0.1, -0.05) is 83.1 Å². The first-order valence-corrected chi connectivity index (χ1v) is 26.3. The van der Waals surface area contributed by atoms with Gasteiger partial charge in [0.2, 0.25) is 0 Å². The molecule has 0 aromatic carbocycles. The summed E-state index contributed by atoms with van der Waals surface area (Å²) in [7, 11) is -8.43. The van der Waals surface area contributed by atoms with E-state index in [-0.39, 0.29) is 38.5 Å². The van der Waals surface area contributed by atoms with Gasteiger partial charge in [0.25, 0.3) is 0 Å². The lowest BCUT2D eigenvalue weighted by Gasteiger charge is -2.45. The average Bonchev–Trinajstić information content (AvgIpc) is 2.91. The second-order valence-electron chi connectivity index (χ2n) is 17.7. The third-order valence-electron chi connectivity index (χ3n) is 10.4. The Balaban J connectivity index is 3.61. The lowest BCUT2D eigenvalue weighted by atomic mass is 10.1. The van der Waals surface area contributed by atoms with E-state index < -0.39 is 39.6 Å². The first kappa shape index (κ1) is 36.7. The van der Waals surface area contributed by atoms with Gasteiger partial charge in [-0.15, -0.1) is 0 Å². The normalized spacial score (nSPS) is 25.3. The average molecular weight is 607 g/mol. The summed E-state index contributed by atoms with van der Waals surface area (Å²) in [5.74, 6) is 0. The SMILES string of the molecule is CC(C)(C)[Si](C)(C)OC[C@H]1OC(O[Si](C)(C)C(C)(C)C)C(O[Si](C)(C)C(C)(C)C)C1O[Si](C)(C)C(C)(C)C. The topological polar surface area (TPSA) is 46.2 Å². The standard InChI is InChI=1S/C29H66O5Si4/c1-26(2,3)35(13,14)30-21-22-23(32-36(15,16)27(4,5)6)24(33-37(17,18)28(7,8)9)25(31-22)34-38(19,20)29(10,11)12/h22-25H,21H2,1-20H3/t22-,23?,24?,25?/m1/s1. The van der Waals surface area contributed by atoms with Crippen LogP contribution < -0.4 is 0 Å². The van der Waals surface area contributed by atoms with Crippen molar-refractivity contribution in [2.75, 3.05) is 6.61 Å². The predicted molar refractivity (Wildman–Crippen MR) is 174 cm³/mol. The zero-order chi connectivity index (χ0) is 30.6. The molecule has 228 valence electrons. The third kappa shape index (κ3) is 8.60. The maximum atomic E-state index is 7.21. The van der Waals surface area contributed by atoms with E-state index in [1.807, 2.05) is 0 Å². The van der Waals surface area contributed by atoms with Gasteiger partial charge >= 0.3 is 0 Å². The predicted octanol–water partition coefficient (Wildman–Crippen LogP) is 9.54.